The average molecular weight is 272 g/mol. The third-order valence-corrected chi connectivity index (χ3v) is 4.67. The van der Waals surface area contributed by atoms with Gasteiger partial charge in [-0.2, -0.15) is 11.8 Å². The molecule has 0 amide bonds. The molecule has 1 atom stereocenters. The molecule has 1 aliphatic rings. The SMILES string of the molecule is CN=C(NCC(C)N(C)C)N1CCSC(C)(C)C1. The smallest absolute Gasteiger partial charge is 0.193 e. The van der Waals surface area contributed by atoms with E-state index < -0.39 is 0 Å². The van der Waals surface area contributed by atoms with Crippen LogP contribution in [0.25, 0.3) is 0 Å². The van der Waals surface area contributed by atoms with Gasteiger partial charge in [0.15, 0.2) is 5.96 Å². The van der Waals surface area contributed by atoms with Crippen LogP contribution in [0.5, 0.6) is 0 Å². The Morgan fingerprint density at radius 1 is 1.50 bits per heavy atom. The Balaban J connectivity index is 2.51. The number of rotatable bonds is 3. The molecule has 0 aliphatic carbocycles. The zero-order valence-electron chi connectivity index (χ0n) is 12.7. The molecule has 106 valence electrons. The molecule has 1 fully saturated rings. The number of guanidine groups is 1. The van der Waals surface area contributed by atoms with Gasteiger partial charge in [0, 0.05) is 43.2 Å². The van der Waals surface area contributed by atoms with Crippen LogP contribution in [0.4, 0.5) is 0 Å². The molecule has 0 saturated carbocycles. The van der Waals surface area contributed by atoms with Crippen LogP contribution in [0.3, 0.4) is 0 Å². The Labute approximate surface area is 116 Å². The Bertz CT molecular complexity index is 289. The summed E-state index contributed by atoms with van der Waals surface area (Å²) in [6.07, 6.45) is 0. The number of nitrogens with zero attached hydrogens (tertiary/aromatic N) is 3. The maximum atomic E-state index is 4.41. The molecule has 1 aliphatic heterocycles. The number of aliphatic imine (C=N–C) groups is 1. The van der Waals surface area contributed by atoms with Crippen LogP contribution in [-0.2, 0) is 0 Å². The van der Waals surface area contributed by atoms with Crippen molar-refractivity contribution >= 4 is 17.7 Å². The fourth-order valence-electron chi connectivity index (χ4n) is 1.95. The third kappa shape index (κ3) is 4.69. The van der Waals surface area contributed by atoms with Crippen LogP contribution in [0.2, 0.25) is 0 Å². The van der Waals surface area contributed by atoms with Crippen molar-refractivity contribution in [2.75, 3.05) is 46.5 Å². The highest BCUT2D eigenvalue weighted by atomic mass is 32.2. The molecular formula is C13H28N4S. The molecule has 1 N–H and O–H groups in total. The predicted octanol–water partition coefficient (Wildman–Crippen LogP) is 1.34. The van der Waals surface area contributed by atoms with Gasteiger partial charge in [-0.25, -0.2) is 0 Å². The first-order valence-electron chi connectivity index (χ1n) is 6.62. The summed E-state index contributed by atoms with van der Waals surface area (Å²) in [5, 5.41) is 3.48. The monoisotopic (exact) mass is 272 g/mol. The van der Waals surface area contributed by atoms with Gasteiger partial charge in [0.2, 0.25) is 0 Å². The molecule has 0 bridgehead atoms. The Hall–Kier alpha value is -0.420. The van der Waals surface area contributed by atoms with Crippen LogP contribution in [0.15, 0.2) is 4.99 Å². The Morgan fingerprint density at radius 3 is 2.67 bits per heavy atom. The topological polar surface area (TPSA) is 30.9 Å². The van der Waals surface area contributed by atoms with Crippen LogP contribution in [0, 0.1) is 0 Å². The van der Waals surface area contributed by atoms with Gasteiger partial charge in [-0.1, -0.05) is 0 Å². The van der Waals surface area contributed by atoms with Gasteiger partial charge >= 0.3 is 0 Å². The molecule has 1 rings (SSSR count). The molecule has 1 heterocycles. The summed E-state index contributed by atoms with van der Waals surface area (Å²) in [6.45, 7) is 9.91. The third-order valence-electron chi connectivity index (χ3n) is 3.37. The molecule has 0 radical (unpaired) electrons. The van der Waals surface area contributed by atoms with E-state index in [9.17, 15) is 0 Å². The summed E-state index contributed by atoms with van der Waals surface area (Å²) in [7, 11) is 6.09. The van der Waals surface area contributed by atoms with E-state index >= 15 is 0 Å². The molecular weight excluding hydrogens is 244 g/mol. The Morgan fingerprint density at radius 2 is 2.17 bits per heavy atom. The maximum Gasteiger partial charge on any atom is 0.193 e. The molecule has 5 heteroatoms. The second-order valence-electron chi connectivity index (χ2n) is 5.77. The number of likely N-dealkylation sites (N-methyl/N-ethyl adjacent to an activating group) is 1. The minimum Gasteiger partial charge on any atom is -0.355 e. The van der Waals surface area contributed by atoms with Crippen LogP contribution in [0.1, 0.15) is 20.8 Å². The normalized spacial score (nSPS) is 22.2. The van der Waals surface area contributed by atoms with E-state index in [-0.39, 0.29) is 0 Å². The van der Waals surface area contributed by atoms with Crippen molar-refractivity contribution in [2.45, 2.75) is 31.6 Å². The van der Waals surface area contributed by atoms with Gasteiger partial charge in [0.1, 0.15) is 0 Å². The lowest BCUT2D eigenvalue weighted by Crippen LogP contribution is -2.52. The number of hydrogen-bond acceptors (Lipinski definition) is 3. The van der Waals surface area contributed by atoms with Gasteiger partial charge in [-0.3, -0.25) is 4.99 Å². The number of thioether (sulfide) groups is 1. The van der Waals surface area contributed by atoms with Gasteiger partial charge in [-0.15, -0.1) is 0 Å². The van der Waals surface area contributed by atoms with Crippen molar-refractivity contribution in [3.05, 3.63) is 0 Å². The van der Waals surface area contributed by atoms with E-state index in [4.69, 9.17) is 0 Å². The first kappa shape index (κ1) is 15.6. The Kier molecular flexibility index (Phi) is 5.79. The van der Waals surface area contributed by atoms with Crippen molar-refractivity contribution in [1.29, 1.82) is 0 Å². The van der Waals surface area contributed by atoms with Gasteiger partial charge in [0.05, 0.1) is 0 Å². The molecule has 4 nitrogen and oxygen atoms in total. The van der Waals surface area contributed by atoms with Gasteiger partial charge < -0.3 is 15.1 Å². The van der Waals surface area contributed by atoms with E-state index in [1.807, 2.05) is 18.8 Å². The second-order valence-corrected chi connectivity index (χ2v) is 7.57. The van der Waals surface area contributed by atoms with E-state index in [1.54, 1.807) is 0 Å². The minimum atomic E-state index is 0.322. The summed E-state index contributed by atoms with van der Waals surface area (Å²) >= 11 is 2.05. The quantitative estimate of drug-likeness (QED) is 0.620. The lowest BCUT2D eigenvalue weighted by Gasteiger charge is -2.39. The van der Waals surface area contributed by atoms with Crippen molar-refractivity contribution in [3.63, 3.8) is 0 Å². The minimum absolute atomic E-state index is 0.322. The second kappa shape index (κ2) is 6.66. The van der Waals surface area contributed by atoms with Crippen LogP contribution < -0.4 is 5.32 Å². The summed E-state index contributed by atoms with van der Waals surface area (Å²) in [5.74, 6) is 2.22. The number of nitrogens with one attached hydrogen (secondary N) is 1. The van der Waals surface area contributed by atoms with E-state index in [0.717, 1.165) is 25.6 Å². The summed E-state index contributed by atoms with van der Waals surface area (Å²) in [4.78, 5) is 9.00. The zero-order valence-corrected chi connectivity index (χ0v) is 13.5. The lowest BCUT2D eigenvalue weighted by molar-refractivity contribution is 0.305. The molecule has 1 unspecified atom stereocenters. The van der Waals surface area contributed by atoms with E-state index in [1.165, 1.54) is 5.75 Å². The van der Waals surface area contributed by atoms with E-state index in [2.05, 4.69) is 55.0 Å². The number of hydrogen-bond donors (Lipinski definition) is 1. The van der Waals surface area contributed by atoms with Crippen molar-refractivity contribution in [2.24, 2.45) is 4.99 Å². The van der Waals surface area contributed by atoms with Gasteiger partial charge in [0.25, 0.3) is 0 Å². The fourth-order valence-corrected chi connectivity index (χ4v) is 3.06. The largest absolute Gasteiger partial charge is 0.355 e. The molecule has 0 aromatic carbocycles. The lowest BCUT2D eigenvalue weighted by atomic mass is 10.2. The highest BCUT2D eigenvalue weighted by Crippen LogP contribution is 2.29. The van der Waals surface area contributed by atoms with Crippen LogP contribution in [-0.4, -0.2) is 73.1 Å². The first-order chi connectivity index (χ1) is 8.35. The summed E-state index contributed by atoms with van der Waals surface area (Å²) < 4.78 is 0.322. The first-order valence-corrected chi connectivity index (χ1v) is 7.60. The predicted molar refractivity (Wildman–Crippen MR) is 82.6 cm³/mol. The average Bonchev–Trinajstić information content (AvgIpc) is 2.28. The summed E-state index contributed by atoms with van der Waals surface area (Å²) in [5.41, 5.74) is 0. The highest BCUT2D eigenvalue weighted by Gasteiger charge is 2.28. The van der Waals surface area contributed by atoms with Crippen LogP contribution >= 0.6 is 11.8 Å². The molecule has 0 aromatic heterocycles. The molecule has 18 heavy (non-hydrogen) atoms. The van der Waals surface area contributed by atoms with Gasteiger partial charge in [-0.05, 0) is 34.9 Å². The fraction of sp³-hybridized carbons (Fsp3) is 0.923. The van der Waals surface area contributed by atoms with Crippen molar-refractivity contribution in [1.82, 2.24) is 15.1 Å². The van der Waals surface area contributed by atoms with Crippen molar-refractivity contribution < 1.29 is 0 Å². The van der Waals surface area contributed by atoms with Crippen molar-refractivity contribution in [3.8, 4) is 0 Å². The molecule has 0 aromatic rings. The standard InChI is InChI=1S/C13H28N4S/c1-11(16(5)6)9-15-12(14-4)17-7-8-18-13(2,3)10-17/h11H,7-10H2,1-6H3,(H,14,15). The molecule has 0 spiro atoms. The highest BCUT2D eigenvalue weighted by molar-refractivity contribution is 8.00. The molecule has 1 saturated heterocycles. The zero-order chi connectivity index (χ0) is 13.8. The maximum absolute atomic E-state index is 4.41. The van der Waals surface area contributed by atoms with E-state index in [0.29, 0.717) is 10.8 Å². The summed E-state index contributed by atoms with van der Waals surface area (Å²) in [6, 6.07) is 0.508.